The molecule has 1 saturated heterocycles. The maximum absolute atomic E-state index is 12.7. The van der Waals surface area contributed by atoms with Gasteiger partial charge in [0.2, 0.25) is 17.7 Å². The number of amides is 2. The number of fused-ring (bicyclic) bond motifs is 1. The van der Waals surface area contributed by atoms with Gasteiger partial charge < -0.3 is 25.0 Å². The lowest BCUT2D eigenvalue weighted by atomic mass is 10.0. The van der Waals surface area contributed by atoms with Crippen LogP contribution in [0.1, 0.15) is 52.5 Å². The minimum Gasteiger partial charge on any atom is -0.444 e. The molecule has 3 atom stereocenters. The highest BCUT2D eigenvalue weighted by molar-refractivity contribution is 6.05. The Morgan fingerprint density at radius 3 is 2.60 bits per heavy atom. The molecule has 10 nitrogen and oxygen atoms in total. The van der Waals surface area contributed by atoms with Gasteiger partial charge in [0.1, 0.15) is 11.4 Å². The first-order chi connectivity index (χ1) is 21.6. The second-order valence-electron chi connectivity index (χ2n) is 13.1. The molecule has 4 aromatic rings. The number of benzene rings is 2. The zero-order chi connectivity index (χ0) is 31.7. The second-order valence-corrected chi connectivity index (χ2v) is 13.1. The van der Waals surface area contributed by atoms with Crippen molar-refractivity contribution >= 4 is 34.4 Å². The number of anilines is 2. The molecular formula is C35H40N6O4. The Balaban J connectivity index is 1.23. The molecule has 2 aliphatic rings. The van der Waals surface area contributed by atoms with Crippen molar-refractivity contribution in [2.24, 2.45) is 11.8 Å². The maximum atomic E-state index is 12.7. The minimum atomic E-state index is -0.546. The molecule has 2 aromatic carbocycles. The number of ether oxygens (including phenoxy) is 2. The van der Waals surface area contributed by atoms with Crippen LogP contribution in [0.15, 0.2) is 60.9 Å². The smallest absolute Gasteiger partial charge is 0.410 e. The number of rotatable bonds is 7. The number of hydrogen-bond donors (Lipinski definition) is 2. The van der Waals surface area contributed by atoms with Gasteiger partial charge in [-0.2, -0.15) is 0 Å². The van der Waals surface area contributed by atoms with Crippen LogP contribution in [-0.4, -0.2) is 56.6 Å². The van der Waals surface area contributed by atoms with Gasteiger partial charge in [-0.3, -0.25) is 4.79 Å². The first-order valence-corrected chi connectivity index (χ1v) is 15.6. The lowest BCUT2D eigenvalue weighted by Crippen LogP contribution is -2.47. The van der Waals surface area contributed by atoms with Crippen molar-refractivity contribution in [3.05, 3.63) is 66.5 Å². The fourth-order valence-corrected chi connectivity index (χ4v) is 5.71. The maximum Gasteiger partial charge on any atom is 0.410 e. The van der Waals surface area contributed by atoms with E-state index in [0.29, 0.717) is 47.8 Å². The Kier molecular flexibility index (Phi) is 8.31. The predicted octanol–water partition coefficient (Wildman–Crippen LogP) is 7.20. The van der Waals surface area contributed by atoms with Gasteiger partial charge in [0.15, 0.2) is 0 Å². The molecule has 1 aliphatic carbocycles. The van der Waals surface area contributed by atoms with Gasteiger partial charge in [-0.05, 0) is 82.7 Å². The zero-order valence-corrected chi connectivity index (χ0v) is 26.5. The molecule has 6 rings (SSSR count). The number of aryl methyl sites for hydroxylation is 1. The Morgan fingerprint density at radius 2 is 1.82 bits per heavy atom. The van der Waals surface area contributed by atoms with Gasteiger partial charge >= 0.3 is 6.09 Å². The van der Waals surface area contributed by atoms with Gasteiger partial charge in [0, 0.05) is 53.9 Å². The molecule has 1 aliphatic heterocycles. The van der Waals surface area contributed by atoms with Crippen molar-refractivity contribution in [3.8, 4) is 22.9 Å². The van der Waals surface area contributed by atoms with Gasteiger partial charge in [0.05, 0.1) is 11.3 Å². The Labute approximate surface area is 263 Å². The number of nitrogens with one attached hydrogen (secondary N) is 2. The van der Waals surface area contributed by atoms with E-state index in [0.717, 1.165) is 41.3 Å². The largest absolute Gasteiger partial charge is 0.444 e. The first kappa shape index (κ1) is 30.3. The minimum absolute atomic E-state index is 0.0118. The fourth-order valence-electron chi connectivity index (χ4n) is 5.71. The number of hydrogen-bond acceptors (Lipinski definition) is 8. The first-order valence-electron chi connectivity index (χ1n) is 15.6. The highest BCUT2D eigenvalue weighted by Crippen LogP contribution is 2.41. The van der Waals surface area contributed by atoms with Crippen molar-refractivity contribution in [1.29, 1.82) is 0 Å². The number of piperidine rings is 1. The van der Waals surface area contributed by atoms with Crippen LogP contribution >= 0.6 is 0 Å². The van der Waals surface area contributed by atoms with E-state index in [1.54, 1.807) is 17.3 Å². The van der Waals surface area contributed by atoms with Gasteiger partial charge in [-0.1, -0.05) is 31.2 Å². The fraction of sp³-hybridized carbons (Fsp3) is 0.400. The highest BCUT2D eigenvalue weighted by atomic mass is 16.6. The standard InChI is InChI=1S/C35H40N6O4/c1-21-13-14-24-25(10-6-12-28(24)39-31(42)27-19-22(27)2)30(21)44-32-26(11-7-16-36-32)29-15-17-37-33(40-29)38-23-9-8-18-41(20-23)34(43)45-35(3,4)5/h6-7,10-17,22-23,27H,8-9,18-20H2,1-5H3,(H,39,42)(H,37,38,40)/t22-,23?,27-/m0/s1. The molecule has 0 radical (unpaired) electrons. The highest BCUT2D eigenvalue weighted by Gasteiger charge is 2.39. The molecule has 3 heterocycles. The average Bonchev–Trinajstić information content (AvgIpc) is 3.75. The predicted molar refractivity (Wildman–Crippen MR) is 174 cm³/mol. The summed E-state index contributed by atoms with van der Waals surface area (Å²) in [6.07, 6.45) is 5.75. The van der Waals surface area contributed by atoms with E-state index in [-0.39, 0.29) is 24.0 Å². The van der Waals surface area contributed by atoms with E-state index in [2.05, 4.69) is 27.5 Å². The van der Waals surface area contributed by atoms with E-state index in [9.17, 15) is 9.59 Å². The van der Waals surface area contributed by atoms with E-state index in [4.69, 9.17) is 14.5 Å². The summed E-state index contributed by atoms with van der Waals surface area (Å²) in [5.41, 5.74) is 2.53. The van der Waals surface area contributed by atoms with Crippen molar-refractivity contribution in [1.82, 2.24) is 19.9 Å². The summed E-state index contributed by atoms with van der Waals surface area (Å²) in [4.78, 5) is 41.0. The van der Waals surface area contributed by atoms with Crippen LogP contribution in [0.5, 0.6) is 11.6 Å². The summed E-state index contributed by atoms with van der Waals surface area (Å²) in [7, 11) is 0. The number of carbonyl (C=O) groups is 2. The summed E-state index contributed by atoms with van der Waals surface area (Å²) in [6.45, 7) is 10.9. The summed E-state index contributed by atoms with van der Waals surface area (Å²) in [5.74, 6) is 2.10. The molecule has 10 heteroatoms. The molecule has 1 unspecified atom stereocenters. The van der Waals surface area contributed by atoms with Crippen molar-refractivity contribution < 1.29 is 19.1 Å². The molecule has 2 N–H and O–H groups in total. The van der Waals surface area contributed by atoms with Crippen molar-refractivity contribution in [3.63, 3.8) is 0 Å². The third-order valence-electron chi connectivity index (χ3n) is 8.22. The van der Waals surface area contributed by atoms with Crippen LogP contribution in [0.3, 0.4) is 0 Å². The summed E-state index contributed by atoms with van der Waals surface area (Å²) >= 11 is 0. The van der Waals surface area contributed by atoms with Crippen LogP contribution in [-0.2, 0) is 9.53 Å². The second kappa shape index (κ2) is 12.3. The molecule has 2 fully saturated rings. The Hall–Kier alpha value is -4.73. The number of nitrogens with zero attached hydrogens (tertiary/aromatic N) is 4. The van der Waals surface area contributed by atoms with E-state index in [1.165, 1.54) is 0 Å². The molecule has 2 amide bonds. The molecule has 234 valence electrons. The van der Waals surface area contributed by atoms with Gasteiger partial charge in [0.25, 0.3) is 0 Å². The van der Waals surface area contributed by atoms with Crippen molar-refractivity contribution in [2.45, 2.75) is 65.5 Å². The monoisotopic (exact) mass is 608 g/mol. The van der Waals surface area contributed by atoms with Crippen LogP contribution < -0.4 is 15.4 Å². The average molecular weight is 609 g/mol. The van der Waals surface area contributed by atoms with E-state index < -0.39 is 5.60 Å². The number of pyridine rings is 1. The molecule has 2 aromatic heterocycles. The van der Waals surface area contributed by atoms with E-state index >= 15 is 0 Å². The number of likely N-dealkylation sites (tertiary alicyclic amines) is 1. The van der Waals surface area contributed by atoms with E-state index in [1.807, 2.05) is 76.2 Å². The SMILES string of the molecule is Cc1ccc2c(NC(=O)[C@H]3C[C@@H]3C)cccc2c1Oc1ncccc1-c1ccnc(NC2CCCN(C(=O)OC(C)(C)C)C2)n1. The Bertz CT molecular complexity index is 1740. The summed E-state index contributed by atoms with van der Waals surface area (Å²) in [5, 5.41) is 8.31. The molecular weight excluding hydrogens is 568 g/mol. The number of aromatic nitrogens is 3. The zero-order valence-electron chi connectivity index (χ0n) is 26.5. The van der Waals surface area contributed by atoms with Gasteiger partial charge in [-0.15, -0.1) is 0 Å². The van der Waals surface area contributed by atoms with Crippen LogP contribution in [0.4, 0.5) is 16.4 Å². The summed E-state index contributed by atoms with van der Waals surface area (Å²) in [6, 6.07) is 15.4. The third-order valence-corrected chi connectivity index (χ3v) is 8.22. The Morgan fingerprint density at radius 1 is 1.00 bits per heavy atom. The lowest BCUT2D eigenvalue weighted by Gasteiger charge is -2.34. The van der Waals surface area contributed by atoms with Crippen LogP contribution in [0.2, 0.25) is 0 Å². The normalized spacial score (nSPS) is 19.6. The molecule has 0 bridgehead atoms. The van der Waals surface area contributed by atoms with Crippen LogP contribution in [0, 0.1) is 18.8 Å². The molecule has 1 saturated carbocycles. The third kappa shape index (κ3) is 7.00. The molecule has 45 heavy (non-hydrogen) atoms. The molecule has 0 spiro atoms. The summed E-state index contributed by atoms with van der Waals surface area (Å²) < 4.78 is 12.1. The van der Waals surface area contributed by atoms with Crippen molar-refractivity contribution in [2.75, 3.05) is 23.7 Å². The number of carbonyl (C=O) groups excluding carboxylic acids is 2. The lowest BCUT2D eigenvalue weighted by molar-refractivity contribution is -0.117. The van der Waals surface area contributed by atoms with Crippen LogP contribution in [0.25, 0.3) is 22.0 Å². The van der Waals surface area contributed by atoms with Gasteiger partial charge in [-0.25, -0.2) is 19.7 Å². The quantitative estimate of drug-likeness (QED) is 0.226. The topological polar surface area (TPSA) is 119 Å².